The van der Waals surface area contributed by atoms with Crippen LogP contribution in [0, 0.1) is 0 Å². The minimum Gasteiger partial charge on any atom is -0.490 e. The molecule has 0 aliphatic heterocycles. The van der Waals surface area contributed by atoms with Crippen molar-refractivity contribution in [1.29, 1.82) is 0 Å². The number of rotatable bonds is 19. The fourth-order valence-corrected chi connectivity index (χ4v) is 6.11. The fraction of sp³-hybridized carbons (Fsp3) is 0.130. The van der Waals surface area contributed by atoms with Gasteiger partial charge in [0.25, 0.3) is 0 Å². The fourth-order valence-electron chi connectivity index (χ4n) is 6.11. The van der Waals surface area contributed by atoms with Crippen LogP contribution in [0.4, 0.5) is 11.4 Å². The largest absolute Gasteiger partial charge is 0.490 e. The van der Waals surface area contributed by atoms with Crippen LogP contribution in [0.15, 0.2) is 158 Å². The third-order valence-electron chi connectivity index (χ3n) is 9.02. The van der Waals surface area contributed by atoms with Crippen LogP contribution in [0.25, 0.3) is 0 Å². The van der Waals surface area contributed by atoms with Gasteiger partial charge in [-0.25, -0.2) is 9.59 Å². The van der Waals surface area contributed by atoms with Crippen LogP contribution in [-0.4, -0.2) is 59.0 Å². The van der Waals surface area contributed by atoms with E-state index in [0.29, 0.717) is 45.1 Å². The Hall–Kier alpha value is -7.20. The summed E-state index contributed by atoms with van der Waals surface area (Å²) >= 11 is 0. The quantitative estimate of drug-likeness (QED) is 0.0477. The number of aliphatic carboxylic acids is 2. The van der Waals surface area contributed by atoms with E-state index >= 15 is 0 Å². The molecule has 0 aromatic heterocycles. The van der Waals surface area contributed by atoms with E-state index in [9.17, 15) is 29.4 Å². The zero-order chi connectivity index (χ0) is 39.3. The zero-order valence-electron chi connectivity index (χ0n) is 30.3. The Bertz CT molecular complexity index is 2100. The highest BCUT2D eigenvalue weighted by atomic mass is 16.5. The van der Waals surface area contributed by atoms with Crippen molar-refractivity contribution in [3.05, 3.63) is 191 Å². The molecule has 10 heteroatoms. The Morgan fingerprint density at radius 1 is 0.446 bits per heavy atom. The third-order valence-corrected chi connectivity index (χ3v) is 9.02. The first-order valence-electron chi connectivity index (χ1n) is 18.0. The Labute approximate surface area is 324 Å². The number of anilines is 2. The number of para-hydroxylation sites is 2. The molecular weight excluding hydrogens is 709 g/mol. The molecule has 0 radical (unpaired) electrons. The van der Waals surface area contributed by atoms with Gasteiger partial charge in [-0.05, 0) is 59.7 Å². The Morgan fingerprint density at radius 2 is 0.786 bits per heavy atom. The third kappa shape index (κ3) is 10.3. The molecule has 0 heterocycles. The van der Waals surface area contributed by atoms with Crippen molar-refractivity contribution < 1.29 is 38.9 Å². The Balaban J connectivity index is 0.977. The van der Waals surface area contributed by atoms with Gasteiger partial charge in [-0.3, -0.25) is 9.59 Å². The van der Waals surface area contributed by atoms with Gasteiger partial charge in [0.1, 0.15) is 36.8 Å². The summed E-state index contributed by atoms with van der Waals surface area (Å²) in [6.45, 7) is 0.498. The average molecular weight is 749 g/mol. The Kier molecular flexibility index (Phi) is 12.9. The molecule has 2 unspecified atom stereocenters. The summed E-state index contributed by atoms with van der Waals surface area (Å²) in [5.74, 6) is -1.32. The number of carbonyl (C=O) groups is 4. The van der Waals surface area contributed by atoms with Gasteiger partial charge in [0.05, 0.1) is 0 Å². The predicted molar refractivity (Wildman–Crippen MR) is 214 cm³/mol. The summed E-state index contributed by atoms with van der Waals surface area (Å²) in [6, 6.07) is 43.7. The highest BCUT2D eigenvalue weighted by Gasteiger charge is 2.23. The first kappa shape index (κ1) is 38.5. The van der Waals surface area contributed by atoms with Crippen molar-refractivity contribution in [1.82, 2.24) is 0 Å². The van der Waals surface area contributed by atoms with E-state index in [1.165, 1.54) is 0 Å². The number of nitrogens with one attached hydrogen (secondary N) is 2. The molecular formula is C46H40N2O8. The van der Waals surface area contributed by atoms with Crippen molar-refractivity contribution in [3.8, 4) is 11.5 Å². The van der Waals surface area contributed by atoms with Crippen LogP contribution in [0.3, 0.4) is 0 Å². The number of ether oxygens (including phenoxy) is 2. The standard InChI is InChI=1S/C46H40N2O8/c49-43(33-11-3-1-4-12-33)37-15-7-9-17-39(37)47-41(45(51)52)29-31-19-23-35(24-20-31)55-27-28-56-36-25-21-32(22-26-36)30-42(46(53)54)48-40-18-10-8-16-38(40)44(50)34-13-5-2-6-14-34/h1-26,41-42,47-48H,27-30H2,(H,51,52)(H,53,54). The van der Waals surface area contributed by atoms with E-state index in [1.807, 2.05) is 12.1 Å². The minimum absolute atomic E-state index is 0.174. The summed E-state index contributed by atoms with van der Waals surface area (Å²) in [4.78, 5) is 50.7. The van der Waals surface area contributed by atoms with Crippen LogP contribution >= 0.6 is 0 Å². The number of carboxylic acid groups (broad SMARTS) is 2. The number of ketones is 2. The van der Waals surface area contributed by atoms with Gasteiger partial charge in [-0.2, -0.15) is 0 Å². The average Bonchev–Trinajstić information content (AvgIpc) is 3.23. The van der Waals surface area contributed by atoms with E-state index in [4.69, 9.17) is 9.47 Å². The molecule has 0 spiro atoms. The molecule has 4 N–H and O–H groups in total. The molecule has 0 aliphatic rings. The van der Waals surface area contributed by atoms with Crippen molar-refractivity contribution in [3.63, 3.8) is 0 Å². The predicted octanol–water partition coefficient (Wildman–Crippen LogP) is 7.82. The molecule has 0 bridgehead atoms. The van der Waals surface area contributed by atoms with Crippen molar-refractivity contribution >= 4 is 34.9 Å². The molecule has 0 saturated heterocycles. The highest BCUT2D eigenvalue weighted by molar-refractivity contribution is 6.13. The topological polar surface area (TPSA) is 151 Å². The van der Waals surface area contributed by atoms with Gasteiger partial charge >= 0.3 is 11.9 Å². The second kappa shape index (κ2) is 18.7. The number of benzene rings is 6. The molecule has 0 amide bonds. The number of carboxylic acids is 2. The van der Waals surface area contributed by atoms with Crippen molar-refractivity contribution in [2.24, 2.45) is 0 Å². The zero-order valence-corrected chi connectivity index (χ0v) is 30.3. The normalized spacial score (nSPS) is 11.8. The second-order valence-electron chi connectivity index (χ2n) is 12.9. The van der Waals surface area contributed by atoms with Gasteiger partial charge in [-0.1, -0.05) is 109 Å². The maximum atomic E-state index is 13.1. The molecule has 56 heavy (non-hydrogen) atoms. The van der Waals surface area contributed by atoms with E-state index in [0.717, 1.165) is 11.1 Å². The van der Waals surface area contributed by atoms with Crippen molar-refractivity contribution in [2.75, 3.05) is 23.8 Å². The monoisotopic (exact) mass is 748 g/mol. The van der Waals surface area contributed by atoms with Crippen LogP contribution in [0.2, 0.25) is 0 Å². The first-order valence-corrected chi connectivity index (χ1v) is 18.0. The molecule has 6 rings (SSSR count). The molecule has 6 aromatic carbocycles. The maximum Gasteiger partial charge on any atom is 0.326 e. The molecule has 0 fully saturated rings. The molecule has 6 aromatic rings. The van der Waals surface area contributed by atoms with Crippen LogP contribution in [0.1, 0.15) is 43.0 Å². The SMILES string of the molecule is O=C(c1ccccc1)c1ccccc1NC(Cc1ccc(OCCOc2ccc(CC(Nc3ccccc3C(=O)c3ccccc3)C(=O)O)cc2)cc1)C(=O)O. The van der Waals surface area contributed by atoms with Gasteiger partial charge in [0.15, 0.2) is 11.6 Å². The molecule has 0 saturated carbocycles. The smallest absolute Gasteiger partial charge is 0.326 e. The summed E-state index contributed by atoms with van der Waals surface area (Å²) in [5.41, 5.74) is 4.24. The summed E-state index contributed by atoms with van der Waals surface area (Å²) in [7, 11) is 0. The van der Waals surface area contributed by atoms with Crippen molar-refractivity contribution in [2.45, 2.75) is 24.9 Å². The van der Waals surface area contributed by atoms with Crippen LogP contribution in [0.5, 0.6) is 11.5 Å². The lowest BCUT2D eigenvalue weighted by molar-refractivity contribution is -0.138. The molecule has 282 valence electrons. The number of carbonyl (C=O) groups excluding carboxylic acids is 2. The van der Waals surface area contributed by atoms with E-state index < -0.39 is 24.0 Å². The lowest BCUT2D eigenvalue weighted by atomic mass is 10.00. The minimum atomic E-state index is -1.05. The van der Waals surface area contributed by atoms with Gasteiger partial charge in [0, 0.05) is 46.5 Å². The first-order chi connectivity index (χ1) is 27.2. The van der Waals surface area contributed by atoms with Crippen LogP contribution in [-0.2, 0) is 22.4 Å². The molecule has 10 nitrogen and oxygen atoms in total. The number of hydrogen-bond donors (Lipinski definition) is 4. The van der Waals surface area contributed by atoms with Gasteiger partial charge in [-0.15, -0.1) is 0 Å². The molecule has 0 aliphatic carbocycles. The van der Waals surface area contributed by atoms with E-state index in [2.05, 4.69) is 10.6 Å². The highest BCUT2D eigenvalue weighted by Crippen LogP contribution is 2.24. The van der Waals surface area contributed by atoms with E-state index in [-0.39, 0.29) is 37.6 Å². The summed E-state index contributed by atoms with van der Waals surface area (Å²) in [5, 5.41) is 26.1. The lowest BCUT2D eigenvalue weighted by Crippen LogP contribution is -2.32. The van der Waals surface area contributed by atoms with Crippen LogP contribution < -0.4 is 20.1 Å². The second-order valence-corrected chi connectivity index (χ2v) is 12.9. The summed E-state index contributed by atoms with van der Waals surface area (Å²) < 4.78 is 11.7. The molecule has 2 atom stereocenters. The van der Waals surface area contributed by atoms with Gasteiger partial charge in [0.2, 0.25) is 0 Å². The Morgan fingerprint density at radius 3 is 1.14 bits per heavy atom. The lowest BCUT2D eigenvalue weighted by Gasteiger charge is -2.18. The number of hydrogen-bond acceptors (Lipinski definition) is 8. The summed E-state index contributed by atoms with van der Waals surface area (Å²) in [6.07, 6.45) is 0.347. The maximum absolute atomic E-state index is 13.1. The van der Waals surface area contributed by atoms with E-state index in [1.54, 1.807) is 146 Å². The van der Waals surface area contributed by atoms with Gasteiger partial charge < -0.3 is 30.3 Å².